The largest absolute Gasteiger partial charge is 0.408 e. The minimum atomic E-state index is -4.51. The molecule has 164 valence electrons. The monoisotopic (exact) mass is 436 g/mol. The second kappa shape index (κ2) is 8.26. The van der Waals surface area contributed by atoms with Crippen molar-refractivity contribution in [1.29, 1.82) is 0 Å². The molecular weight excluding hydrogens is 416 g/mol. The average molecular weight is 436 g/mol. The molecule has 0 bridgehead atoms. The standard InChI is InChI=1S/C21H20F4N4O2/c22-14-3-1-2-13(8-14)9-17-16-11-26-18(20(31)28-6-4-15(30)5-7-28)10-19(16)29(27-17)12-21(23,24)25/h1-3,8,10-11,15,30H,4-7,9,12H2. The fraction of sp³-hybridized carbons (Fsp3) is 0.381. The van der Waals surface area contributed by atoms with Gasteiger partial charge in [-0.05, 0) is 36.6 Å². The van der Waals surface area contributed by atoms with Crippen LogP contribution in [0.5, 0.6) is 0 Å². The minimum absolute atomic E-state index is 0.0181. The first kappa shape index (κ1) is 21.2. The first-order valence-electron chi connectivity index (χ1n) is 9.83. The molecule has 4 rings (SSSR count). The molecule has 0 spiro atoms. The Balaban J connectivity index is 1.70. The first-order valence-corrected chi connectivity index (χ1v) is 9.83. The van der Waals surface area contributed by atoms with Crippen LogP contribution in [0.4, 0.5) is 17.6 Å². The zero-order valence-corrected chi connectivity index (χ0v) is 16.4. The molecule has 1 fully saturated rings. The van der Waals surface area contributed by atoms with Crippen LogP contribution in [0.2, 0.25) is 0 Å². The van der Waals surface area contributed by atoms with Crippen LogP contribution >= 0.6 is 0 Å². The van der Waals surface area contributed by atoms with Gasteiger partial charge in [0, 0.05) is 31.1 Å². The predicted octanol–water partition coefficient (Wildman–Crippen LogP) is 3.32. The maximum absolute atomic E-state index is 13.5. The zero-order valence-electron chi connectivity index (χ0n) is 16.4. The normalized spacial score (nSPS) is 15.6. The van der Waals surface area contributed by atoms with Gasteiger partial charge in [0.2, 0.25) is 0 Å². The summed E-state index contributed by atoms with van der Waals surface area (Å²) in [7, 11) is 0. The lowest BCUT2D eigenvalue weighted by Gasteiger charge is -2.29. The Morgan fingerprint density at radius 2 is 1.94 bits per heavy atom. The molecule has 0 saturated carbocycles. The number of rotatable bonds is 4. The predicted molar refractivity (Wildman–Crippen MR) is 104 cm³/mol. The molecule has 0 atom stereocenters. The van der Waals surface area contributed by atoms with Gasteiger partial charge in [-0.1, -0.05) is 12.1 Å². The van der Waals surface area contributed by atoms with Crippen LogP contribution in [0.15, 0.2) is 36.5 Å². The number of pyridine rings is 1. The molecule has 1 saturated heterocycles. The van der Waals surface area contributed by atoms with Gasteiger partial charge in [-0.2, -0.15) is 18.3 Å². The molecular formula is C21H20F4N4O2. The van der Waals surface area contributed by atoms with Crippen LogP contribution in [-0.2, 0) is 13.0 Å². The van der Waals surface area contributed by atoms with Crippen molar-refractivity contribution in [2.24, 2.45) is 0 Å². The summed E-state index contributed by atoms with van der Waals surface area (Å²) in [4.78, 5) is 18.5. The third-order valence-corrected chi connectivity index (χ3v) is 5.27. The van der Waals surface area contributed by atoms with Crippen LogP contribution in [0, 0.1) is 5.82 Å². The maximum Gasteiger partial charge on any atom is 0.408 e. The molecule has 3 heterocycles. The van der Waals surface area contributed by atoms with Gasteiger partial charge < -0.3 is 10.0 Å². The number of likely N-dealkylation sites (tertiary alicyclic amines) is 1. The summed E-state index contributed by atoms with van der Waals surface area (Å²) < 4.78 is 53.7. The first-order chi connectivity index (χ1) is 14.7. The number of carbonyl (C=O) groups excluding carboxylic acids is 1. The molecule has 3 aromatic rings. The molecule has 31 heavy (non-hydrogen) atoms. The Morgan fingerprint density at radius 1 is 1.19 bits per heavy atom. The Hall–Kier alpha value is -3.01. The summed E-state index contributed by atoms with van der Waals surface area (Å²) in [5.74, 6) is -0.852. The van der Waals surface area contributed by atoms with Crippen molar-refractivity contribution in [2.45, 2.75) is 38.1 Å². The number of fused-ring (bicyclic) bond motifs is 1. The number of benzene rings is 1. The van der Waals surface area contributed by atoms with E-state index in [4.69, 9.17) is 0 Å². The number of halogens is 4. The van der Waals surface area contributed by atoms with Gasteiger partial charge in [-0.3, -0.25) is 14.5 Å². The van der Waals surface area contributed by atoms with E-state index in [-0.39, 0.29) is 17.6 Å². The van der Waals surface area contributed by atoms with E-state index in [1.165, 1.54) is 35.4 Å². The van der Waals surface area contributed by atoms with Crippen molar-refractivity contribution < 1.29 is 27.5 Å². The van der Waals surface area contributed by atoms with E-state index in [1.807, 2.05) is 0 Å². The van der Waals surface area contributed by atoms with Gasteiger partial charge in [0.1, 0.15) is 18.1 Å². The molecule has 0 radical (unpaired) electrons. The van der Waals surface area contributed by atoms with Crippen molar-refractivity contribution in [3.05, 3.63) is 59.3 Å². The van der Waals surface area contributed by atoms with Gasteiger partial charge in [0.25, 0.3) is 5.91 Å². The number of nitrogens with zero attached hydrogens (tertiary/aromatic N) is 4. The molecule has 6 nitrogen and oxygen atoms in total. The summed E-state index contributed by atoms with van der Waals surface area (Å²) in [5, 5.41) is 14.1. The second-order valence-corrected chi connectivity index (χ2v) is 7.64. The van der Waals surface area contributed by atoms with E-state index in [1.54, 1.807) is 6.07 Å². The molecule has 0 unspecified atom stereocenters. The summed E-state index contributed by atoms with van der Waals surface area (Å²) in [6.45, 7) is -0.612. The highest BCUT2D eigenvalue weighted by molar-refractivity contribution is 5.96. The molecule has 1 N–H and O–H groups in total. The van der Waals surface area contributed by atoms with Crippen molar-refractivity contribution in [1.82, 2.24) is 19.7 Å². The third kappa shape index (κ3) is 4.84. The van der Waals surface area contributed by atoms with Crippen LogP contribution in [-0.4, -0.2) is 56.0 Å². The minimum Gasteiger partial charge on any atom is -0.393 e. The Morgan fingerprint density at radius 3 is 2.61 bits per heavy atom. The third-order valence-electron chi connectivity index (χ3n) is 5.27. The van der Waals surface area contributed by atoms with E-state index in [9.17, 15) is 27.5 Å². The highest BCUT2D eigenvalue weighted by Crippen LogP contribution is 2.26. The Bertz CT molecular complexity index is 1100. The smallest absolute Gasteiger partial charge is 0.393 e. The molecule has 0 aliphatic carbocycles. The van der Waals surface area contributed by atoms with Crippen molar-refractivity contribution >= 4 is 16.8 Å². The van der Waals surface area contributed by atoms with E-state index >= 15 is 0 Å². The number of piperidine rings is 1. The lowest BCUT2D eigenvalue weighted by molar-refractivity contribution is -0.141. The number of aliphatic hydroxyl groups excluding tert-OH is 1. The summed E-state index contributed by atoms with van der Waals surface area (Å²) in [6.07, 6.45) is -2.62. The number of aromatic nitrogens is 3. The fourth-order valence-electron chi connectivity index (χ4n) is 3.74. The van der Waals surface area contributed by atoms with E-state index in [0.29, 0.717) is 42.6 Å². The van der Waals surface area contributed by atoms with Crippen molar-refractivity contribution in [3.8, 4) is 0 Å². The fourth-order valence-corrected chi connectivity index (χ4v) is 3.74. The highest BCUT2D eigenvalue weighted by atomic mass is 19.4. The number of alkyl halides is 3. The van der Waals surface area contributed by atoms with E-state index in [0.717, 1.165) is 4.68 Å². The van der Waals surface area contributed by atoms with Crippen molar-refractivity contribution in [2.75, 3.05) is 13.1 Å². The molecule has 2 aromatic heterocycles. The zero-order chi connectivity index (χ0) is 22.2. The number of aliphatic hydroxyl groups is 1. The lowest BCUT2D eigenvalue weighted by atomic mass is 10.1. The summed E-state index contributed by atoms with van der Waals surface area (Å²) in [5.41, 5.74) is 1.03. The molecule has 1 aliphatic rings. The molecule has 1 aliphatic heterocycles. The van der Waals surface area contributed by atoms with Gasteiger partial charge in [0.05, 0.1) is 17.3 Å². The molecule has 10 heteroatoms. The topological polar surface area (TPSA) is 71.2 Å². The second-order valence-electron chi connectivity index (χ2n) is 7.64. The van der Waals surface area contributed by atoms with Gasteiger partial charge >= 0.3 is 6.18 Å². The number of hydrogen-bond donors (Lipinski definition) is 1. The quantitative estimate of drug-likeness (QED) is 0.637. The summed E-state index contributed by atoms with van der Waals surface area (Å²) >= 11 is 0. The SMILES string of the molecule is O=C(c1cc2c(cn1)c(Cc1cccc(F)c1)nn2CC(F)(F)F)N1CCC(O)CC1. The van der Waals surface area contributed by atoms with E-state index < -0.39 is 30.5 Å². The number of amides is 1. The van der Waals surface area contributed by atoms with E-state index in [2.05, 4.69) is 10.1 Å². The molecule has 1 amide bonds. The lowest BCUT2D eigenvalue weighted by Crippen LogP contribution is -2.40. The molecule has 1 aromatic carbocycles. The summed E-state index contributed by atoms with van der Waals surface area (Å²) in [6, 6.07) is 7.07. The highest BCUT2D eigenvalue weighted by Gasteiger charge is 2.31. The Kier molecular flexibility index (Phi) is 5.65. The van der Waals surface area contributed by atoms with Gasteiger partial charge in [-0.25, -0.2) is 4.39 Å². The number of carbonyl (C=O) groups is 1. The van der Waals surface area contributed by atoms with Crippen LogP contribution in [0.25, 0.3) is 10.9 Å². The van der Waals surface area contributed by atoms with Crippen molar-refractivity contribution in [3.63, 3.8) is 0 Å². The van der Waals surface area contributed by atoms with Crippen LogP contribution in [0.3, 0.4) is 0 Å². The Labute approximate surface area is 175 Å². The maximum atomic E-state index is 13.5. The number of hydrogen-bond acceptors (Lipinski definition) is 4. The van der Waals surface area contributed by atoms with Crippen LogP contribution in [0.1, 0.15) is 34.6 Å². The van der Waals surface area contributed by atoms with Gasteiger partial charge in [0.15, 0.2) is 0 Å². The van der Waals surface area contributed by atoms with Gasteiger partial charge in [-0.15, -0.1) is 0 Å². The van der Waals surface area contributed by atoms with Crippen LogP contribution < -0.4 is 0 Å². The average Bonchev–Trinajstić information content (AvgIpc) is 3.03.